The summed E-state index contributed by atoms with van der Waals surface area (Å²) in [6.07, 6.45) is 1.32. The van der Waals surface area contributed by atoms with Crippen LogP contribution < -0.4 is 5.32 Å². The quantitative estimate of drug-likeness (QED) is 0.764. The summed E-state index contributed by atoms with van der Waals surface area (Å²) < 4.78 is 4.98. The molecule has 112 valence electrons. The van der Waals surface area contributed by atoms with Crippen LogP contribution in [0.5, 0.6) is 0 Å². The zero-order valence-electron chi connectivity index (χ0n) is 11.9. The average molecular weight is 300 g/mol. The van der Waals surface area contributed by atoms with Gasteiger partial charge in [-0.25, -0.2) is 4.98 Å². The van der Waals surface area contributed by atoms with Gasteiger partial charge in [0, 0.05) is 13.7 Å². The fraction of sp³-hybridized carbons (Fsp3) is 0.615. The van der Waals surface area contributed by atoms with E-state index in [0.29, 0.717) is 23.6 Å². The monoisotopic (exact) mass is 300 g/mol. The molecule has 1 aromatic rings. The predicted molar refractivity (Wildman–Crippen MR) is 75.9 cm³/mol. The van der Waals surface area contributed by atoms with Gasteiger partial charge in [-0.05, 0) is 13.3 Å². The number of carbonyl (C=O) groups excluding carboxylic acids is 1. The number of thiazole rings is 1. The lowest BCUT2D eigenvalue weighted by atomic mass is 10.0. The molecule has 1 aromatic heterocycles. The second-order valence-corrected chi connectivity index (χ2v) is 5.57. The number of carbonyl (C=O) groups is 2. The number of aliphatic carboxylic acids is 1. The highest BCUT2D eigenvalue weighted by Crippen LogP contribution is 2.18. The largest absolute Gasteiger partial charge is 0.481 e. The molecular formula is C13H20N2O4S. The highest BCUT2D eigenvalue weighted by molar-refractivity contribution is 7.13. The molecule has 0 aliphatic rings. The van der Waals surface area contributed by atoms with Crippen molar-refractivity contribution in [1.29, 1.82) is 0 Å². The molecule has 0 radical (unpaired) electrons. The third-order valence-corrected chi connectivity index (χ3v) is 3.94. The molecule has 1 heterocycles. The number of amides is 1. The number of nitrogens with zero attached hydrogens (tertiary/aromatic N) is 1. The maximum Gasteiger partial charge on any atom is 0.308 e. The summed E-state index contributed by atoms with van der Waals surface area (Å²) in [4.78, 5) is 27.8. The van der Waals surface area contributed by atoms with Crippen LogP contribution in [0.2, 0.25) is 0 Å². The van der Waals surface area contributed by atoms with E-state index in [1.165, 1.54) is 11.3 Å². The van der Waals surface area contributed by atoms with Crippen LogP contribution in [0.3, 0.4) is 0 Å². The minimum atomic E-state index is -0.881. The Morgan fingerprint density at radius 1 is 1.50 bits per heavy atom. The molecule has 1 rings (SSSR count). The van der Waals surface area contributed by atoms with Crippen molar-refractivity contribution in [3.63, 3.8) is 0 Å². The zero-order chi connectivity index (χ0) is 15.1. The van der Waals surface area contributed by atoms with E-state index >= 15 is 0 Å². The summed E-state index contributed by atoms with van der Waals surface area (Å²) >= 11 is 1.27. The van der Waals surface area contributed by atoms with E-state index in [4.69, 9.17) is 9.84 Å². The summed E-state index contributed by atoms with van der Waals surface area (Å²) in [7, 11) is 1.57. The number of carboxylic acids is 1. The number of rotatable bonds is 8. The smallest absolute Gasteiger partial charge is 0.308 e. The fourth-order valence-corrected chi connectivity index (χ4v) is 2.76. The lowest BCUT2D eigenvalue weighted by Gasteiger charge is -2.11. The van der Waals surface area contributed by atoms with Crippen molar-refractivity contribution in [2.45, 2.75) is 33.3 Å². The topological polar surface area (TPSA) is 88.5 Å². The van der Waals surface area contributed by atoms with Gasteiger partial charge in [0.2, 0.25) is 0 Å². The first kappa shape index (κ1) is 16.6. The molecule has 1 amide bonds. The highest BCUT2D eigenvalue weighted by Gasteiger charge is 2.20. The molecule has 0 saturated carbocycles. The Labute approximate surface area is 122 Å². The summed E-state index contributed by atoms with van der Waals surface area (Å²) in [6.45, 7) is 4.18. The van der Waals surface area contributed by atoms with E-state index in [-0.39, 0.29) is 12.5 Å². The van der Waals surface area contributed by atoms with Gasteiger partial charge in [-0.15, -0.1) is 11.3 Å². The third kappa shape index (κ3) is 4.57. The van der Waals surface area contributed by atoms with E-state index in [9.17, 15) is 9.59 Å². The first-order chi connectivity index (χ1) is 9.49. The van der Waals surface area contributed by atoms with Crippen molar-refractivity contribution >= 4 is 23.2 Å². The van der Waals surface area contributed by atoms with Gasteiger partial charge in [-0.2, -0.15) is 0 Å². The van der Waals surface area contributed by atoms with Crippen molar-refractivity contribution in [3.8, 4) is 0 Å². The molecule has 0 saturated heterocycles. The van der Waals surface area contributed by atoms with Crippen LogP contribution >= 0.6 is 11.3 Å². The zero-order valence-corrected chi connectivity index (χ0v) is 12.7. The van der Waals surface area contributed by atoms with Gasteiger partial charge in [0.1, 0.15) is 9.88 Å². The number of hydrogen-bond donors (Lipinski definition) is 2. The summed E-state index contributed by atoms with van der Waals surface area (Å²) in [5, 5.41) is 12.4. The number of nitrogens with one attached hydrogen (secondary N) is 1. The SMILES string of the molecule is CCCC(CNC(=O)c1sc(COC)nc1C)C(=O)O. The van der Waals surface area contributed by atoms with Crippen LogP contribution in [0.15, 0.2) is 0 Å². The minimum Gasteiger partial charge on any atom is -0.481 e. The molecule has 1 unspecified atom stereocenters. The molecular weight excluding hydrogens is 280 g/mol. The van der Waals surface area contributed by atoms with E-state index in [2.05, 4.69) is 10.3 Å². The van der Waals surface area contributed by atoms with Crippen LogP contribution in [-0.4, -0.2) is 35.6 Å². The van der Waals surface area contributed by atoms with Crippen molar-refractivity contribution in [3.05, 3.63) is 15.6 Å². The van der Waals surface area contributed by atoms with Gasteiger partial charge in [-0.3, -0.25) is 9.59 Å². The number of hydrogen-bond acceptors (Lipinski definition) is 5. The molecule has 0 bridgehead atoms. The normalized spacial score (nSPS) is 12.2. The second kappa shape index (κ2) is 7.96. The van der Waals surface area contributed by atoms with Crippen LogP contribution in [0.1, 0.15) is 40.1 Å². The van der Waals surface area contributed by atoms with Gasteiger partial charge in [-0.1, -0.05) is 13.3 Å². The van der Waals surface area contributed by atoms with Crippen LogP contribution in [0.4, 0.5) is 0 Å². The summed E-state index contributed by atoms with van der Waals surface area (Å²) in [5.74, 6) is -1.70. The Hall–Kier alpha value is -1.47. The van der Waals surface area contributed by atoms with E-state index in [1.807, 2.05) is 6.92 Å². The van der Waals surface area contributed by atoms with Gasteiger partial charge < -0.3 is 15.2 Å². The Bertz CT molecular complexity index is 473. The molecule has 0 aliphatic heterocycles. The van der Waals surface area contributed by atoms with Gasteiger partial charge in [0.15, 0.2) is 0 Å². The molecule has 2 N–H and O–H groups in total. The van der Waals surface area contributed by atoms with E-state index < -0.39 is 11.9 Å². The minimum absolute atomic E-state index is 0.138. The van der Waals surface area contributed by atoms with Gasteiger partial charge in [0.05, 0.1) is 18.2 Å². The highest BCUT2D eigenvalue weighted by atomic mass is 32.1. The average Bonchev–Trinajstić information content (AvgIpc) is 2.75. The molecule has 0 aliphatic carbocycles. The van der Waals surface area contributed by atoms with Gasteiger partial charge in [0.25, 0.3) is 5.91 Å². The first-order valence-electron chi connectivity index (χ1n) is 6.45. The van der Waals surface area contributed by atoms with E-state index in [1.54, 1.807) is 14.0 Å². The predicted octanol–water partition coefficient (Wildman–Crippen LogP) is 1.83. The summed E-state index contributed by atoms with van der Waals surface area (Å²) in [6, 6.07) is 0. The molecule has 1 atom stereocenters. The van der Waals surface area contributed by atoms with Crippen LogP contribution in [0.25, 0.3) is 0 Å². The van der Waals surface area contributed by atoms with Crippen molar-refractivity contribution in [2.24, 2.45) is 5.92 Å². The first-order valence-corrected chi connectivity index (χ1v) is 7.27. The van der Waals surface area contributed by atoms with Crippen molar-refractivity contribution in [2.75, 3.05) is 13.7 Å². The van der Waals surface area contributed by atoms with E-state index in [0.717, 1.165) is 11.4 Å². The molecule has 0 aromatic carbocycles. The Morgan fingerprint density at radius 3 is 2.75 bits per heavy atom. The number of aromatic nitrogens is 1. The summed E-state index contributed by atoms with van der Waals surface area (Å²) in [5.41, 5.74) is 0.641. The Balaban J connectivity index is 2.64. The van der Waals surface area contributed by atoms with Crippen LogP contribution in [0, 0.1) is 12.8 Å². The third-order valence-electron chi connectivity index (χ3n) is 2.81. The van der Waals surface area contributed by atoms with Crippen LogP contribution in [-0.2, 0) is 16.1 Å². The Kier molecular flexibility index (Phi) is 6.60. The number of ether oxygens (including phenoxy) is 1. The molecule has 0 spiro atoms. The fourth-order valence-electron chi connectivity index (χ4n) is 1.81. The molecule has 6 nitrogen and oxygen atoms in total. The molecule has 0 fully saturated rings. The second-order valence-electron chi connectivity index (χ2n) is 4.49. The van der Waals surface area contributed by atoms with Crippen molar-refractivity contribution in [1.82, 2.24) is 10.3 Å². The number of carboxylic acid groups (broad SMARTS) is 1. The Morgan fingerprint density at radius 2 is 2.20 bits per heavy atom. The number of methoxy groups -OCH3 is 1. The lowest BCUT2D eigenvalue weighted by molar-refractivity contribution is -0.141. The molecule has 20 heavy (non-hydrogen) atoms. The lowest BCUT2D eigenvalue weighted by Crippen LogP contribution is -2.32. The number of aryl methyl sites for hydroxylation is 1. The van der Waals surface area contributed by atoms with Crippen molar-refractivity contribution < 1.29 is 19.4 Å². The van der Waals surface area contributed by atoms with Gasteiger partial charge >= 0.3 is 5.97 Å². The molecule has 7 heteroatoms. The maximum atomic E-state index is 12.0. The standard InChI is InChI=1S/C13H20N2O4S/c1-4-5-9(13(17)18)6-14-12(16)11-8(2)15-10(20-11)7-19-3/h9H,4-7H2,1-3H3,(H,14,16)(H,17,18). The maximum absolute atomic E-state index is 12.0.